The Bertz CT molecular complexity index is 881. The quantitative estimate of drug-likeness (QED) is 0.500. The lowest BCUT2D eigenvalue weighted by Gasteiger charge is -2.06. The second-order valence-electron chi connectivity index (χ2n) is 5.26. The maximum absolute atomic E-state index is 11.9. The third-order valence-corrected chi connectivity index (χ3v) is 3.47. The van der Waals surface area contributed by atoms with Crippen molar-refractivity contribution in [1.82, 2.24) is 4.98 Å². The van der Waals surface area contributed by atoms with Crippen LogP contribution >= 0.6 is 0 Å². The van der Waals surface area contributed by atoms with Crippen LogP contribution in [0.25, 0.3) is 11.5 Å². The molecule has 0 spiro atoms. The van der Waals surface area contributed by atoms with Crippen molar-refractivity contribution in [3.8, 4) is 34.6 Å². The molecule has 0 bridgehead atoms. The highest BCUT2D eigenvalue weighted by molar-refractivity contribution is 5.67. The van der Waals surface area contributed by atoms with Gasteiger partial charge in [0.05, 0.1) is 14.2 Å². The summed E-state index contributed by atoms with van der Waals surface area (Å²) in [7, 11) is 3.10. The van der Waals surface area contributed by atoms with Crippen molar-refractivity contribution in [1.29, 1.82) is 0 Å². The summed E-state index contributed by atoms with van der Waals surface area (Å²) in [5.74, 6) is 1.76. The third-order valence-electron chi connectivity index (χ3n) is 3.47. The molecule has 26 heavy (non-hydrogen) atoms. The minimum absolute atomic E-state index is 0.0392. The second kappa shape index (κ2) is 7.60. The van der Waals surface area contributed by atoms with Gasteiger partial charge < -0.3 is 23.4 Å². The Morgan fingerprint density at radius 3 is 2.19 bits per heavy atom. The van der Waals surface area contributed by atoms with E-state index in [-0.39, 0.29) is 11.8 Å². The molecule has 0 atom stereocenters. The van der Waals surface area contributed by atoms with Gasteiger partial charge in [-0.1, -0.05) is 18.2 Å². The number of oxazole rings is 1. The summed E-state index contributed by atoms with van der Waals surface area (Å²) in [4.78, 5) is 16.2. The van der Waals surface area contributed by atoms with E-state index < -0.39 is 6.16 Å². The fourth-order valence-electron chi connectivity index (χ4n) is 2.21. The number of carbonyl (C=O) groups excluding carboxylic acids is 1. The number of para-hydroxylation sites is 1. The lowest BCUT2D eigenvalue weighted by molar-refractivity contribution is 0.140. The van der Waals surface area contributed by atoms with Gasteiger partial charge in [0.25, 0.3) is 0 Å². The molecule has 1 aromatic heterocycles. The van der Waals surface area contributed by atoms with Crippen LogP contribution in [-0.4, -0.2) is 25.4 Å². The maximum Gasteiger partial charge on any atom is 0.521 e. The standard InChI is InChI=1S/C19H17NO6/c1-12-18(26-19(21)24-14-7-5-4-6-8-14)25-17(20-12)13-9-15(22-2)11-16(10-13)23-3/h4-11H,1-3H3. The summed E-state index contributed by atoms with van der Waals surface area (Å²) in [5.41, 5.74) is 1.03. The number of rotatable bonds is 5. The molecule has 134 valence electrons. The molecule has 7 nitrogen and oxygen atoms in total. The first-order valence-electron chi connectivity index (χ1n) is 7.74. The summed E-state index contributed by atoms with van der Waals surface area (Å²) in [6.07, 6.45) is -0.912. The zero-order chi connectivity index (χ0) is 18.5. The number of carbonyl (C=O) groups is 1. The first-order valence-corrected chi connectivity index (χ1v) is 7.74. The molecule has 0 aliphatic carbocycles. The fraction of sp³-hybridized carbons (Fsp3) is 0.158. The Hall–Kier alpha value is -3.48. The van der Waals surface area contributed by atoms with Crippen molar-refractivity contribution in [3.63, 3.8) is 0 Å². The Morgan fingerprint density at radius 1 is 0.923 bits per heavy atom. The largest absolute Gasteiger partial charge is 0.521 e. The number of methoxy groups -OCH3 is 2. The number of nitrogens with zero attached hydrogens (tertiary/aromatic N) is 1. The van der Waals surface area contributed by atoms with Crippen LogP contribution in [0.15, 0.2) is 52.9 Å². The van der Waals surface area contributed by atoms with Crippen LogP contribution < -0.4 is 18.9 Å². The predicted molar refractivity (Wildman–Crippen MR) is 92.9 cm³/mol. The Kier molecular flexibility index (Phi) is 5.07. The van der Waals surface area contributed by atoms with Gasteiger partial charge >= 0.3 is 12.1 Å². The van der Waals surface area contributed by atoms with Crippen molar-refractivity contribution < 1.29 is 28.2 Å². The number of benzene rings is 2. The topological polar surface area (TPSA) is 80.0 Å². The highest BCUT2D eigenvalue weighted by Gasteiger charge is 2.18. The molecule has 0 saturated heterocycles. The lowest BCUT2D eigenvalue weighted by atomic mass is 10.2. The molecule has 0 N–H and O–H groups in total. The molecular formula is C19H17NO6. The molecule has 0 amide bonds. The average Bonchev–Trinajstić information content (AvgIpc) is 3.02. The van der Waals surface area contributed by atoms with Crippen LogP contribution in [0.2, 0.25) is 0 Å². The number of hydrogen-bond donors (Lipinski definition) is 0. The third kappa shape index (κ3) is 3.94. The zero-order valence-corrected chi connectivity index (χ0v) is 14.5. The van der Waals surface area contributed by atoms with Gasteiger partial charge in [-0.2, -0.15) is 0 Å². The highest BCUT2D eigenvalue weighted by Crippen LogP contribution is 2.32. The van der Waals surface area contributed by atoms with Crippen LogP contribution in [0.3, 0.4) is 0 Å². The van der Waals surface area contributed by atoms with E-state index in [1.165, 1.54) is 0 Å². The molecule has 1 heterocycles. The lowest BCUT2D eigenvalue weighted by Crippen LogP contribution is -2.13. The molecule has 0 fully saturated rings. The van der Waals surface area contributed by atoms with Crippen LogP contribution in [0, 0.1) is 6.92 Å². The Balaban J connectivity index is 1.80. The van der Waals surface area contributed by atoms with E-state index in [1.807, 2.05) is 6.07 Å². The van der Waals surface area contributed by atoms with Crippen molar-refractivity contribution >= 4 is 6.16 Å². The van der Waals surface area contributed by atoms with Crippen LogP contribution in [0.5, 0.6) is 23.2 Å². The van der Waals surface area contributed by atoms with Crippen molar-refractivity contribution in [2.45, 2.75) is 6.92 Å². The zero-order valence-electron chi connectivity index (χ0n) is 14.5. The fourth-order valence-corrected chi connectivity index (χ4v) is 2.21. The van der Waals surface area contributed by atoms with Gasteiger partial charge in [0.1, 0.15) is 22.9 Å². The minimum Gasteiger partial charge on any atom is -0.497 e. The summed E-state index contributed by atoms with van der Waals surface area (Å²) in [5, 5.41) is 0. The SMILES string of the molecule is COc1cc(OC)cc(-c2nc(C)c(OC(=O)Oc3ccccc3)o2)c1. The van der Waals surface area contributed by atoms with Gasteiger partial charge in [-0.15, -0.1) is 0 Å². The van der Waals surface area contributed by atoms with Crippen molar-refractivity contribution in [3.05, 3.63) is 54.2 Å². The van der Waals surface area contributed by atoms with Crippen molar-refractivity contribution in [2.75, 3.05) is 14.2 Å². The van der Waals surface area contributed by atoms with E-state index in [1.54, 1.807) is 63.6 Å². The molecule has 0 aliphatic heterocycles. The monoisotopic (exact) mass is 355 g/mol. The summed E-state index contributed by atoms with van der Waals surface area (Å²) < 4.78 is 26.2. The predicted octanol–water partition coefficient (Wildman–Crippen LogP) is 4.25. The summed E-state index contributed by atoms with van der Waals surface area (Å²) in [6, 6.07) is 13.8. The minimum atomic E-state index is -0.912. The highest BCUT2D eigenvalue weighted by atomic mass is 16.8. The van der Waals surface area contributed by atoms with E-state index >= 15 is 0 Å². The molecule has 0 radical (unpaired) electrons. The van der Waals surface area contributed by atoms with Gasteiger partial charge in [-0.05, 0) is 31.2 Å². The van der Waals surface area contributed by atoms with E-state index in [9.17, 15) is 4.79 Å². The average molecular weight is 355 g/mol. The van der Waals surface area contributed by atoms with Crippen LogP contribution in [0.1, 0.15) is 5.69 Å². The first-order chi connectivity index (χ1) is 12.6. The summed E-state index contributed by atoms with van der Waals surface area (Å²) in [6.45, 7) is 1.66. The van der Waals surface area contributed by atoms with Crippen LogP contribution in [0.4, 0.5) is 4.79 Å². The Morgan fingerprint density at radius 2 is 1.58 bits per heavy atom. The van der Waals surface area contributed by atoms with Crippen LogP contribution in [-0.2, 0) is 0 Å². The number of hydrogen-bond acceptors (Lipinski definition) is 7. The van der Waals surface area contributed by atoms with Crippen molar-refractivity contribution in [2.24, 2.45) is 0 Å². The smallest absolute Gasteiger partial charge is 0.497 e. The number of aromatic nitrogens is 1. The van der Waals surface area contributed by atoms with Gasteiger partial charge in [0.2, 0.25) is 5.89 Å². The number of aryl methyl sites for hydroxylation is 1. The second-order valence-corrected chi connectivity index (χ2v) is 5.26. The van der Waals surface area contributed by atoms with Gasteiger partial charge in [0, 0.05) is 11.6 Å². The molecule has 0 saturated carbocycles. The molecule has 2 aromatic carbocycles. The molecule has 3 rings (SSSR count). The first kappa shape index (κ1) is 17.3. The van der Waals surface area contributed by atoms with Gasteiger partial charge in [-0.3, -0.25) is 0 Å². The molecule has 3 aromatic rings. The molecule has 7 heteroatoms. The Labute approximate surface area is 150 Å². The molecule has 0 unspecified atom stereocenters. The summed E-state index contributed by atoms with van der Waals surface area (Å²) >= 11 is 0. The van der Waals surface area contributed by atoms with Gasteiger partial charge in [-0.25, -0.2) is 9.78 Å². The molecular weight excluding hydrogens is 338 g/mol. The van der Waals surface area contributed by atoms with E-state index in [4.69, 9.17) is 23.4 Å². The molecule has 0 aliphatic rings. The van der Waals surface area contributed by atoms with E-state index in [0.717, 1.165) is 0 Å². The van der Waals surface area contributed by atoms with Gasteiger partial charge in [0.15, 0.2) is 0 Å². The maximum atomic E-state index is 11.9. The number of ether oxygens (including phenoxy) is 4. The normalized spacial score (nSPS) is 10.3. The van der Waals surface area contributed by atoms with E-state index in [2.05, 4.69) is 4.98 Å². The van der Waals surface area contributed by atoms with E-state index in [0.29, 0.717) is 28.5 Å².